The average molecular weight is 362 g/mol. The predicted molar refractivity (Wildman–Crippen MR) is 105 cm³/mol. The summed E-state index contributed by atoms with van der Waals surface area (Å²) < 4.78 is 7.09. The predicted octanol–water partition coefficient (Wildman–Crippen LogP) is 3.95. The van der Waals surface area contributed by atoms with Crippen LogP contribution >= 0.6 is 0 Å². The minimum atomic E-state index is -0.394. The second-order valence-electron chi connectivity index (χ2n) is 6.08. The molecule has 0 atom stereocenters. The van der Waals surface area contributed by atoms with Crippen LogP contribution in [0.5, 0.6) is 0 Å². The maximum Gasteiger partial charge on any atom is 0.340 e. The van der Waals surface area contributed by atoms with Gasteiger partial charge in [0, 0.05) is 5.69 Å². The van der Waals surface area contributed by atoms with Crippen LogP contribution in [0.2, 0.25) is 0 Å². The third-order valence-corrected chi connectivity index (χ3v) is 4.40. The molecule has 0 fully saturated rings. The summed E-state index contributed by atoms with van der Waals surface area (Å²) in [6.07, 6.45) is 0.611. The van der Waals surface area contributed by atoms with Crippen molar-refractivity contribution in [1.29, 1.82) is 0 Å². The first-order chi connectivity index (χ1) is 13.1. The highest BCUT2D eigenvalue weighted by atomic mass is 16.5. The van der Waals surface area contributed by atoms with Crippen LogP contribution in [0.4, 0.5) is 0 Å². The summed E-state index contributed by atoms with van der Waals surface area (Å²) in [5.41, 5.74) is 3.03. The highest BCUT2D eigenvalue weighted by Crippen LogP contribution is 2.26. The molecule has 0 unspecified atom stereocenters. The quantitative estimate of drug-likeness (QED) is 0.645. The fourth-order valence-corrected chi connectivity index (χ4v) is 3.28. The van der Waals surface area contributed by atoms with Crippen LogP contribution in [0.3, 0.4) is 0 Å². The highest BCUT2D eigenvalue weighted by Gasteiger charge is 2.20. The molecule has 1 aromatic heterocycles. The molecule has 1 heterocycles. The van der Waals surface area contributed by atoms with E-state index in [4.69, 9.17) is 4.74 Å². The smallest absolute Gasteiger partial charge is 0.340 e. The molecule has 2 aromatic carbocycles. The summed E-state index contributed by atoms with van der Waals surface area (Å²) in [7, 11) is 0. The van der Waals surface area contributed by atoms with Gasteiger partial charge in [-0.3, -0.25) is 4.79 Å². The van der Waals surface area contributed by atoms with Crippen LogP contribution in [0, 0.1) is 6.92 Å². The number of carbonyl (C=O) groups is 1. The normalized spacial score (nSPS) is 10.6. The molecule has 3 rings (SSSR count). The third-order valence-electron chi connectivity index (χ3n) is 4.40. The number of ether oxygens (including phenoxy) is 1. The van der Waals surface area contributed by atoms with Crippen LogP contribution in [0.1, 0.15) is 35.7 Å². The molecule has 0 aliphatic rings. The molecule has 0 N–H and O–H groups in total. The minimum absolute atomic E-state index is 0.264. The third kappa shape index (κ3) is 3.53. The summed E-state index contributed by atoms with van der Waals surface area (Å²) in [4.78, 5) is 29.4. The van der Waals surface area contributed by atoms with E-state index in [-0.39, 0.29) is 5.56 Å². The molecule has 5 heteroatoms. The molecule has 5 nitrogen and oxygen atoms in total. The number of hydrogen-bond acceptors (Lipinski definition) is 4. The highest BCUT2D eigenvalue weighted by molar-refractivity contribution is 5.93. The van der Waals surface area contributed by atoms with Gasteiger partial charge in [-0.05, 0) is 38.0 Å². The number of para-hydroxylation sites is 1. The van der Waals surface area contributed by atoms with Gasteiger partial charge in [-0.2, -0.15) is 4.98 Å². The Balaban J connectivity index is 2.33. The Morgan fingerprint density at radius 1 is 1.04 bits per heavy atom. The van der Waals surface area contributed by atoms with E-state index in [0.29, 0.717) is 35.7 Å². The van der Waals surface area contributed by atoms with Crippen LogP contribution in [0.15, 0.2) is 59.4 Å². The molecule has 0 amide bonds. The van der Waals surface area contributed by atoms with Gasteiger partial charge >= 0.3 is 5.97 Å². The van der Waals surface area contributed by atoms with Crippen molar-refractivity contribution in [2.24, 2.45) is 0 Å². The first-order valence-electron chi connectivity index (χ1n) is 9.02. The number of benzene rings is 2. The Bertz CT molecular complexity index is 1020. The first-order valence-corrected chi connectivity index (χ1v) is 9.02. The van der Waals surface area contributed by atoms with Crippen LogP contribution < -0.4 is 5.56 Å². The molecular weight excluding hydrogens is 340 g/mol. The maximum absolute atomic E-state index is 12.7. The SMILES string of the molecule is CCOC(=O)c1ccccc1-n1c(C)nc(=O)c(-c2ccccc2)c1CC. The zero-order chi connectivity index (χ0) is 19.4. The average Bonchev–Trinajstić information content (AvgIpc) is 2.68. The van der Waals surface area contributed by atoms with Crippen molar-refractivity contribution in [3.63, 3.8) is 0 Å². The van der Waals surface area contributed by atoms with Crippen molar-refractivity contribution in [2.75, 3.05) is 6.61 Å². The molecule has 0 aliphatic heterocycles. The van der Waals surface area contributed by atoms with E-state index in [0.717, 1.165) is 11.3 Å². The molecule has 27 heavy (non-hydrogen) atoms. The second kappa shape index (κ2) is 7.99. The molecule has 138 valence electrons. The summed E-state index contributed by atoms with van der Waals surface area (Å²) >= 11 is 0. The van der Waals surface area contributed by atoms with Crippen molar-refractivity contribution in [3.05, 3.63) is 82.0 Å². The van der Waals surface area contributed by atoms with Crippen molar-refractivity contribution in [3.8, 4) is 16.8 Å². The Morgan fingerprint density at radius 2 is 1.70 bits per heavy atom. The van der Waals surface area contributed by atoms with Crippen LogP contribution in [-0.4, -0.2) is 22.1 Å². The Morgan fingerprint density at radius 3 is 2.37 bits per heavy atom. The van der Waals surface area contributed by atoms with E-state index in [9.17, 15) is 9.59 Å². The standard InChI is InChI=1S/C22H22N2O3/c1-4-18-20(16-11-7-6-8-12-16)21(25)23-15(3)24(18)19-14-10-9-13-17(19)22(26)27-5-2/h6-14H,4-5H2,1-3H3. The number of esters is 1. The lowest BCUT2D eigenvalue weighted by molar-refractivity contribution is 0.0526. The lowest BCUT2D eigenvalue weighted by atomic mass is 10.0. The maximum atomic E-state index is 12.7. The number of rotatable bonds is 5. The first kappa shape index (κ1) is 18.6. The summed E-state index contributed by atoms with van der Waals surface area (Å²) in [6.45, 7) is 5.84. The Hall–Kier alpha value is -3.21. The summed E-state index contributed by atoms with van der Waals surface area (Å²) in [6, 6.07) is 16.7. The van der Waals surface area contributed by atoms with Gasteiger partial charge in [0.05, 0.1) is 23.4 Å². The van der Waals surface area contributed by atoms with Crippen molar-refractivity contribution < 1.29 is 9.53 Å². The van der Waals surface area contributed by atoms with Gasteiger partial charge in [0.2, 0.25) is 0 Å². The van der Waals surface area contributed by atoms with Gasteiger partial charge < -0.3 is 9.30 Å². The second-order valence-corrected chi connectivity index (χ2v) is 6.08. The van der Waals surface area contributed by atoms with Gasteiger partial charge in [-0.25, -0.2) is 4.79 Å². The molecule has 0 spiro atoms. The number of nitrogens with zero attached hydrogens (tertiary/aromatic N) is 2. The number of aromatic nitrogens is 2. The molecular formula is C22H22N2O3. The topological polar surface area (TPSA) is 61.2 Å². The van der Waals surface area contributed by atoms with Gasteiger partial charge in [0.1, 0.15) is 5.82 Å². The van der Waals surface area contributed by atoms with Gasteiger partial charge in [-0.15, -0.1) is 0 Å². The van der Waals surface area contributed by atoms with Crippen molar-refractivity contribution >= 4 is 5.97 Å². The minimum Gasteiger partial charge on any atom is -0.462 e. The number of aryl methyl sites for hydroxylation is 1. The molecule has 0 saturated carbocycles. The van der Waals surface area contributed by atoms with E-state index >= 15 is 0 Å². The fraction of sp³-hybridized carbons (Fsp3) is 0.227. The Kier molecular flexibility index (Phi) is 5.50. The lowest BCUT2D eigenvalue weighted by Gasteiger charge is -2.20. The number of hydrogen-bond donors (Lipinski definition) is 0. The van der Waals surface area contributed by atoms with E-state index in [1.807, 2.05) is 54.0 Å². The molecule has 3 aromatic rings. The summed E-state index contributed by atoms with van der Waals surface area (Å²) in [5.74, 6) is 0.141. The van der Waals surface area contributed by atoms with E-state index < -0.39 is 5.97 Å². The van der Waals surface area contributed by atoms with E-state index in [1.165, 1.54) is 0 Å². The van der Waals surface area contributed by atoms with E-state index in [2.05, 4.69) is 4.98 Å². The lowest BCUT2D eigenvalue weighted by Crippen LogP contribution is -2.23. The van der Waals surface area contributed by atoms with Gasteiger partial charge in [0.25, 0.3) is 5.56 Å². The van der Waals surface area contributed by atoms with Crippen molar-refractivity contribution in [2.45, 2.75) is 27.2 Å². The van der Waals surface area contributed by atoms with Crippen molar-refractivity contribution in [1.82, 2.24) is 9.55 Å². The Labute approximate surface area is 158 Å². The van der Waals surface area contributed by atoms with Gasteiger partial charge in [-0.1, -0.05) is 49.4 Å². The van der Waals surface area contributed by atoms with Crippen LogP contribution in [0.25, 0.3) is 16.8 Å². The largest absolute Gasteiger partial charge is 0.462 e. The zero-order valence-corrected chi connectivity index (χ0v) is 15.7. The monoisotopic (exact) mass is 362 g/mol. The summed E-state index contributed by atoms with van der Waals surface area (Å²) in [5, 5.41) is 0. The number of carbonyl (C=O) groups excluding carboxylic acids is 1. The van der Waals surface area contributed by atoms with E-state index in [1.54, 1.807) is 26.0 Å². The zero-order valence-electron chi connectivity index (χ0n) is 15.7. The molecule has 0 aliphatic carbocycles. The fourth-order valence-electron chi connectivity index (χ4n) is 3.28. The molecule has 0 bridgehead atoms. The molecule has 0 saturated heterocycles. The molecule has 0 radical (unpaired) electrons. The van der Waals surface area contributed by atoms with Gasteiger partial charge in [0.15, 0.2) is 0 Å². The van der Waals surface area contributed by atoms with Crippen LogP contribution in [-0.2, 0) is 11.2 Å².